The highest BCUT2D eigenvalue weighted by Crippen LogP contribution is 2.25. The number of carboxylic acids is 1. The molecule has 1 N–H and O–H groups in total. The van der Waals surface area contributed by atoms with Gasteiger partial charge in [-0.1, -0.05) is 11.6 Å². The summed E-state index contributed by atoms with van der Waals surface area (Å²) in [6, 6.07) is 2.73. The van der Waals surface area contributed by atoms with Crippen LogP contribution in [0.15, 0.2) is 28.6 Å². The normalized spacial score (nSPS) is 10.5. The molecule has 0 saturated heterocycles. The Labute approximate surface area is 106 Å². The molecule has 0 bridgehead atoms. The molecule has 2 rings (SSSR count). The minimum absolute atomic E-state index is 0.0923. The molecule has 2 heterocycles. The Kier molecular flexibility index (Phi) is 3.30. The molecule has 0 unspecified atom stereocenters. The smallest absolute Gasteiger partial charge is 0.335 e. The van der Waals surface area contributed by atoms with Crippen LogP contribution in [0.2, 0.25) is 5.15 Å². The van der Waals surface area contributed by atoms with E-state index in [-0.39, 0.29) is 10.7 Å². The second kappa shape index (κ2) is 4.72. The number of aromatic nitrogens is 4. The Balaban J connectivity index is 2.33. The Bertz CT molecular complexity index is 572. The molecule has 2 aromatic heterocycles. The molecule has 0 aliphatic carbocycles. The van der Waals surface area contributed by atoms with Crippen LogP contribution >= 0.6 is 23.4 Å². The molecule has 0 radical (unpaired) electrons. The Morgan fingerprint density at radius 1 is 1.53 bits per heavy atom. The molecule has 0 fully saturated rings. The molecule has 0 aliphatic rings. The lowest BCUT2D eigenvalue weighted by atomic mass is 10.3. The van der Waals surface area contributed by atoms with E-state index in [1.54, 1.807) is 17.9 Å². The molecule has 0 aliphatic heterocycles. The number of halogens is 1. The van der Waals surface area contributed by atoms with Crippen molar-refractivity contribution < 1.29 is 9.90 Å². The summed E-state index contributed by atoms with van der Waals surface area (Å²) in [4.78, 5) is 14.9. The number of hydrogen-bond donors (Lipinski definition) is 1. The Morgan fingerprint density at radius 2 is 2.29 bits per heavy atom. The first kappa shape index (κ1) is 11.9. The summed E-state index contributed by atoms with van der Waals surface area (Å²) in [5.41, 5.74) is 0.0923. The van der Waals surface area contributed by atoms with Gasteiger partial charge in [0.05, 0.1) is 5.56 Å². The largest absolute Gasteiger partial charge is 0.478 e. The zero-order valence-electron chi connectivity index (χ0n) is 8.66. The summed E-state index contributed by atoms with van der Waals surface area (Å²) in [7, 11) is 1.78. The van der Waals surface area contributed by atoms with Crippen molar-refractivity contribution in [1.29, 1.82) is 0 Å². The molecule has 0 saturated carbocycles. The van der Waals surface area contributed by atoms with Crippen LogP contribution < -0.4 is 0 Å². The molecular weight excluding hydrogens is 264 g/mol. The highest BCUT2D eigenvalue weighted by molar-refractivity contribution is 7.99. The number of hydrogen-bond acceptors (Lipinski definition) is 5. The van der Waals surface area contributed by atoms with Crippen molar-refractivity contribution in [1.82, 2.24) is 19.7 Å². The third-order valence-electron chi connectivity index (χ3n) is 1.88. The van der Waals surface area contributed by atoms with Crippen LogP contribution in [0, 0.1) is 0 Å². The van der Waals surface area contributed by atoms with Gasteiger partial charge in [0.2, 0.25) is 0 Å². The van der Waals surface area contributed by atoms with Crippen LogP contribution in [-0.2, 0) is 7.05 Å². The summed E-state index contributed by atoms with van der Waals surface area (Å²) in [6.07, 6.45) is 1.55. The van der Waals surface area contributed by atoms with Crippen LogP contribution in [0.5, 0.6) is 0 Å². The van der Waals surface area contributed by atoms with E-state index in [2.05, 4.69) is 15.2 Å². The molecule has 0 amide bonds. The topological polar surface area (TPSA) is 80.9 Å². The lowest BCUT2D eigenvalue weighted by Gasteiger charge is -2.02. The third-order valence-corrected chi connectivity index (χ3v) is 3.05. The van der Waals surface area contributed by atoms with E-state index in [1.165, 1.54) is 23.9 Å². The van der Waals surface area contributed by atoms with Gasteiger partial charge in [-0.25, -0.2) is 9.78 Å². The molecular formula is C9H7ClN4O2S. The van der Waals surface area contributed by atoms with Gasteiger partial charge in [-0.05, 0) is 23.9 Å². The molecule has 0 aromatic carbocycles. The first-order valence-electron chi connectivity index (χ1n) is 4.49. The van der Waals surface area contributed by atoms with Gasteiger partial charge in [0.25, 0.3) is 0 Å². The van der Waals surface area contributed by atoms with Gasteiger partial charge in [-0.15, -0.1) is 10.2 Å². The van der Waals surface area contributed by atoms with Crippen LogP contribution in [0.3, 0.4) is 0 Å². The van der Waals surface area contributed by atoms with Crippen LogP contribution in [0.4, 0.5) is 0 Å². The van der Waals surface area contributed by atoms with Crippen molar-refractivity contribution in [2.75, 3.05) is 0 Å². The lowest BCUT2D eigenvalue weighted by molar-refractivity contribution is 0.0696. The zero-order valence-corrected chi connectivity index (χ0v) is 10.2. The van der Waals surface area contributed by atoms with E-state index in [0.29, 0.717) is 10.2 Å². The number of aryl methyl sites for hydroxylation is 1. The molecule has 2 aromatic rings. The van der Waals surface area contributed by atoms with E-state index in [9.17, 15) is 4.79 Å². The maximum atomic E-state index is 10.8. The van der Waals surface area contributed by atoms with Gasteiger partial charge in [0.15, 0.2) is 5.16 Å². The van der Waals surface area contributed by atoms with Crippen molar-refractivity contribution >= 4 is 29.3 Å². The fourth-order valence-corrected chi connectivity index (χ4v) is 2.16. The summed E-state index contributed by atoms with van der Waals surface area (Å²) in [5.74, 6) is -1.05. The average Bonchev–Trinajstić information content (AvgIpc) is 2.63. The number of aromatic carboxylic acids is 1. The number of rotatable bonds is 3. The maximum absolute atomic E-state index is 10.8. The standard InChI is InChI=1S/C9H7ClN4O2S/c1-14-4-11-13-9(14)17-7-3-5(8(15)16)2-6(10)12-7/h2-4H,1H3,(H,15,16). The van der Waals surface area contributed by atoms with Gasteiger partial charge in [0, 0.05) is 7.05 Å². The van der Waals surface area contributed by atoms with Crippen LogP contribution in [0.25, 0.3) is 0 Å². The van der Waals surface area contributed by atoms with E-state index in [1.807, 2.05) is 0 Å². The molecule has 17 heavy (non-hydrogen) atoms. The summed E-state index contributed by atoms with van der Waals surface area (Å²) < 4.78 is 1.70. The predicted molar refractivity (Wildman–Crippen MR) is 61.3 cm³/mol. The highest BCUT2D eigenvalue weighted by atomic mass is 35.5. The van der Waals surface area contributed by atoms with E-state index < -0.39 is 5.97 Å². The first-order valence-corrected chi connectivity index (χ1v) is 5.68. The summed E-state index contributed by atoms with van der Waals surface area (Å²) in [6.45, 7) is 0. The fraction of sp³-hybridized carbons (Fsp3) is 0.111. The van der Waals surface area contributed by atoms with Gasteiger partial charge in [-0.2, -0.15) is 0 Å². The second-order valence-corrected chi connectivity index (χ2v) is 4.52. The lowest BCUT2D eigenvalue weighted by Crippen LogP contribution is -1.98. The quantitative estimate of drug-likeness (QED) is 0.855. The van der Waals surface area contributed by atoms with E-state index in [0.717, 1.165) is 0 Å². The molecule has 8 heteroatoms. The average molecular weight is 271 g/mol. The Hall–Kier alpha value is -1.60. The summed E-state index contributed by atoms with van der Waals surface area (Å²) in [5, 5.41) is 17.7. The number of carbonyl (C=O) groups is 1. The molecule has 0 spiro atoms. The maximum Gasteiger partial charge on any atom is 0.335 e. The highest BCUT2D eigenvalue weighted by Gasteiger charge is 2.10. The van der Waals surface area contributed by atoms with Crippen LogP contribution in [-0.4, -0.2) is 30.8 Å². The van der Waals surface area contributed by atoms with Gasteiger partial charge in [0.1, 0.15) is 16.5 Å². The number of pyridine rings is 1. The SMILES string of the molecule is Cn1cnnc1Sc1cc(C(=O)O)cc(Cl)n1. The Morgan fingerprint density at radius 3 is 2.88 bits per heavy atom. The van der Waals surface area contributed by atoms with Gasteiger partial charge < -0.3 is 9.67 Å². The number of carboxylic acid groups (broad SMARTS) is 1. The summed E-state index contributed by atoms with van der Waals surface area (Å²) >= 11 is 6.94. The molecule has 0 atom stereocenters. The zero-order chi connectivity index (χ0) is 12.4. The fourth-order valence-electron chi connectivity index (χ4n) is 1.11. The van der Waals surface area contributed by atoms with Crippen molar-refractivity contribution in [3.63, 3.8) is 0 Å². The molecule has 6 nitrogen and oxygen atoms in total. The monoisotopic (exact) mass is 270 g/mol. The van der Waals surface area contributed by atoms with Gasteiger partial charge >= 0.3 is 5.97 Å². The van der Waals surface area contributed by atoms with Gasteiger partial charge in [-0.3, -0.25) is 0 Å². The van der Waals surface area contributed by atoms with Crippen molar-refractivity contribution in [3.8, 4) is 0 Å². The van der Waals surface area contributed by atoms with E-state index in [4.69, 9.17) is 16.7 Å². The van der Waals surface area contributed by atoms with Crippen LogP contribution in [0.1, 0.15) is 10.4 Å². The minimum Gasteiger partial charge on any atom is -0.478 e. The minimum atomic E-state index is -1.05. The van der Waals surface area contributed by atoms with E-state index >= 15 is 0 Å². The second-order valence-electron chi connectivity index (χ2n) is 3.15. The van der Waals surface area contributed by atoms with Crippen molar-refractivity contribution in [2.24, 2.45) is 7.05 Å². The number of nitrogens with zero attached hydrogens (tertiary/aromatic N) is 4. The first-order chi connectivity index (χ1) is 8.06. The van der Waals surface area contributed by atoms with Crippen molar-refractivity contribution in [2.45, 2.75) is 10.2 Å². The predicted octanol–water partition coefficient (Wildman–Crippen LogP) is 1.71. The molecule has 88 valence electrons. The third kappa shape index (κ3) is 2.75. The van der Waals surface area contributed by atoms with Crippen molar-refractivity contribution in [3.05, 3.63) is 29.2 Å².